The Morgan fingerprint density at radius 1 is 0.932 bits per heavy atom. The predicted octanol–water partition coefficient (Wildman–Crippen LogP) is 6.15. The third kappa shape index (κ3) is 8.03. The summed E-state index contributed by atoms with van der Waals surface area (Å²) in [5.74, 6) is -5.95. The van der Waals surface area contributed by atoms with Crippen molar-refractivity contribution in [3.63, 3.8) is 0 Å². The van der Waals surface area contributed by atoms with Gasteiger partial charge >= 0.3 is 11.9 Å². The van der Waals surface area contributed by atoms with Crippen LogP contribution in [0.4, 0.5) is 8.78 Å². The number of aromatic nitrogens is 1. The zero-order valence-corrected chi connectivity index (χ0v) is 25.5. The van der Waals surface area contributed by atoms with Gasteiger partial charge in [0.1, 0.15) is 12.1 Å². The van der Waals surface area contributed by atoms with E-state index in [4.69, 9.17) is 18.9 Å². The number of carbonyl (C=O) groups excluding carboxylic acids is 2. The predicted molar refractivity (Wildman–Crippen MR) is 161 cm³/mol. The quantitative estimate of drug-likeness (QED) is 0.191. The summed E-state index contributed by atoms with van der Waals surface area (Å²) in [5.41, 5.74) is 1.66. The minimum atomic E-state index is -3.95. The van der Waals surface area contributed by atoms with E-state index in [1.54, 1.807) is 6.20 Å². The summed E-state index contributed by atoms with van der Waals surface area (Å²) in [5, 5.41) is 0. The summed E-state index contributed by atoms with van der Waals surface area (Å²) in [6.07, 6.45) is 8.18. The fourth-order valence-corrected chi connectivity index (χ4v) is 5.58. The first-order chi connectivity index (χ1) is 21.3. The number of pyridine rings is 1. The number of likely N-dealkylation sites (tertiary alicyclic amines) is 1. The van der Waals surface area contributed by atoms with E-state index in [-0.39, 0.29) is 30.2 Å². The first-order valence-corrected chi connectivity index (χ1v) is 14.9. The molecule has 1 aliphatic heterocycles. The number of aryl methyl sites for hydroxylation is 2. The Labute approximate surface area is 257 Å². The summed E-state index contributed by atoms with van der Waals surface area (Å²) < 4.78 is 53.0. The number of alkyl halides is 2. The van der Waals surface area contributed by atoms with Crippen LogP contribution in [0.3, 0.4) is 0 Å². The highest BCUT2D eigenvalue weighted by Gasteiger charge is 2.49. The van der Waals surface area contributed by atoms with Gasteiger partial charge in [0.25, 0.3) is 5.91 Å². The molecule has 2 aromatic carbocycles. The van der Waals surface area contributed by atoms with E-state index in [0.717, 1.165) is 48.3 Å². The highest BCUT2D eigenvalue weighted by Crippen LogP contribution is 2.43. The first kappa shape index (κ1) is 32.7. The molecule has 0 bridgehead atoms. The maximum absolute atomic E-state index is 15.7. The van der Waals surface area contributed by atoms with Crippen LogP contribution in [0.2, 0.25) is 0 Å². The zero-order valence-electron chi connectivity index (χ0n) is 25.5. The molecule has 10 heteroatoms. The lowest BCUT2D eigenvalue weighted by molar-refractivity contribution is -0.169. The van der Waals surface area contributed by atoms with Crippen molar-refractivity contribution in [2.75, 3.05) is 27.9 Å². The van der Waals surface area contributed by atoms with Gasteiger partial charge in [-0.1, -0.05) is 36.4 Å². The van der Waals surface area contributed by atoms with Crippen molar-refractivity contribution < 1.29 is 37.3 Å². The number of rotatable bonds is 15. The highest BCUT2D eigenvalue weighted by atomic mass is 19.3. The van der Waals surface area contributed by atoms with Gasteiger partial charge in [-0.2, -0.15) is 8.78 Å². The SMILES string of the molecule is COc1cc(C(F)(F)C(=O)N2CCC[C@H]2C(=O)OC(CCCc2ccccc2)CCCc2cccnc2)cc(OC)c1OC. The molecule has 1 aromatic heterocycles. The second kappa shape index (κ2) is 15.5. The molecule has 1 saturated heterocycles. The largest absolute Gasteiger partial charge is 0.493 e. The van der Waals surface area contributed by atoms with Crippen molar-refractivity contribution >= 4 is 11.9 Å². The molecule has 8 nitrogen and oxygen atoms in total. The summed E-state index contributed by atoms with van der Waals surface area (Å²) >= 11 is 0. The number of methoxy groups -OCH3 is 3. The lowest BCUT2D eigenvalue weighted by Gasteiger charge is -2.29. The van der Waals surface area contributed by atoms with Crippen LogP contribution < -0.4 is 14.2 Å². The third-order valence-electron chi connectivity index (χ3n) is 7.91. The summed E-state index contributed by atoms with van der Waals surface area (Å²) in [7, 11) is 3.97. The molecule has 0 N–H and O–H groups in total. The fraction of sp³-hybridized carbons (Fsp3) is 0.441. The number of nitrogens with zero attached hydrogens (tertiary/aromatic N) is 2. The van der Waals surface area contributed by atoms with E-state index >= 15 is 8.78 Å². The van der Waals surface area contributed by atoms with Crippen molar-refractivity contribution in [3.05, 3.63) is 83.7 Å². The number of carbonyl (C=O) groups is 2. The van der Waals surface area contributed by atoms with E-state index in [1.807, 2.05) is 36.5 Å². The molecular formula is C34H40F2N2O6. The van der Waals surface area contributed by atoms with Crippen LogP contribution >= 0.6 is 0 Å². The Balaban J connectivity index is 1.46. The second-order valence-electron chi connectivity index (χ2n) is 10.8. The number of hydrogen-bond donors (Lipinski definition) is 0. The molecule has 0 aliphatic carbocycles. The van der Waals surface area contributed by atoms with Gasteiger partial charge in [0.15, 0.2) is 11.5 Å². The lowest BCUT2D eigenvalue weighted by Crippen LogP contribution is -2.48. The van der Waals surface area contributed by atoms with Crippen LogP contribution in [0.25, 0.3) is 0 Å². The number of esters is 1. The van der Waals surface area contributed by atoms with Crippen molar-refractivity contribution in [1.82, 2.24) is 9.88 Å². The standard InChI is InChI=1S/C34H40F2N2O6/c1-41-29-21-26(22-30(42-2)31(29)43-3)34(35,36)33(40)38-20-10-18-28(38)32(39)44-27(16-7-13-24-11-5-4-6-12-24)17-8-14-25-15-9-19-37-23-25/h4-6,9,11-12,15,19,21-23,27-28H,7-8,10,13-14,16-18,20H2,1-3H3/t27?,28-/m0/s1. The maximum atomic E-state index is 15.7. The van der Waals surface area contributed by atoms with Gasteiger partial charge in [-0.05, 0) is 80.7 Å². The second-order valence-corrected chi connectivity index (χ2v) is 10.8. The van der Waals surface area contributed by atoms with E-state index in [2.05, 4.69) is 17.1 Å². The number of halogens is 2. The van der Waals surface area contributed by atoms with Gasteiger partial charge in [-0.3, -0.25) is 9.78 Å². The summed E-state index contributed by atoms with van der Waals surface area (Å²) in [6.45, 7) is 0.0261. The molecule has 1 aliphatic rings. The zero-order chi connectivity index (χ0) is 31.5. The number of benzene rings is 2. The monoisotopic (exact) mass is 610 g/mol. The van der Waals surface area contributed by atoms with Crippen molar-refractivity contribution in [2.45, 2.75) is 69.4 Å². The molecule has 236 valence electrons. The maximum Gasteiger partial charge on any atom is 0.350 e. The molecule has 2 atom stereocenters. The smallest absolute Gasteiger partial charge is 0.350 e. The van der Waals surface area contributed by atoms with E-state index in [9.17, 15) is 9.59 Å². The lowest BCUT2D eigenvalue weighted by atomic mass is 10.0. The molecule has 44 heavy (non-hydrogen) atoms. The highest BCUT2D eigenvalue weighted by molar-refractivity contribution is 5.90. The topological polar surface area (TPSA) is 87.2 Å². The van der Waals surface area contributed by atoms with Crippen LogP contribution in [-0.4, -0.2) is 61.8 Å². The minimum absolute atomic E-state index is 0.00339. The van der Waals surface area contributed by atoms with Crippen LogP contribution in [0.1, 0.15) is 55.2 Å². The number of hydrogen-bond acceptors (Lipinski definition) is 7. The van der Waals surface area contributed by atoms with E-state index < -0.39 is 35.5 Å². The Bertz CT molecular complexity index is 1300. The molecule has 1 fully saturated rings. The molecule has 0 spiro atoms. The Hall–Kier alpha value is -4.21. The van der Waals surface area contributed by atoms with E-state index in [0.29, 0.717) is 19.3 Å². The molecule has 0 radical (unpaired) electrons. The van der Waals surface area contributed by atoms with E-state index in [1.165, 1.54) is 26.9 Å². The average Bonchev–Trinajstić information content (AvgIpc) is 3.54. The Kier molecular flexibility index (Phi) is 11.5. The van der Waals surface area contributed by atoms with Crippen molar-refractivity contribution in [1.29, 1.82) is 0 Å². The van der Waals surface area contributed by atoms with Gasteiger partial charge in [0.2, 0.25) is 5.75 Å². The fourth-order valence-electron chi connectivity index (χ4n) is 5.58. The van der Waals surface area contributed by atoms with Gasteiger partial charge < -0.3 is 23.8 Å². The summed E-state index contributed by atoms with van der Waals surface area (Å²) in [6, 6.07) is 14.9. The summed E-state index contributed by atoms with van der Waals surface area (Å²) in [4.78, 5) is 31.9. The van der Waals surface area contributed by atoms with Gasteiger partial charge in [-0.25, -0.2) is 4.79 Å². The van der Waals surface area contributed by atoms with Gasteiger partial charge in [0.05, 0.1) is 21.3 Å². The molecule has 3 aromatic rings. The van der Waals surface area contributed by atoms with Crippen LogP contribution in [0.5, 0.6) is 17.2 Å². The van der Waals surface area contributed by atoms with Crippen LogP contribution in [-0.2, 0) is 33.1 Å². The molecule has 0 saturated carbocycles. The Morgan fingerprint density at radius 3 is 2.16 bits per heavy atom. The number of ether oxygens (including phenoxy) is 4. The van der Waals surface area contributed by atoms with Crippen molar-refractivity contribution in [3.8, 4) is 17.2 Å². The Morgan fingerprint density at radius 2 is 1.57 bits per heavy atom. The molecular weight excluding hydrogens is 570 g/mol. The van der Waals surface area contributed by atoms with Gasteiger partial charge in [0, 0.05) is 24.5 Å². The molecule has 4 rings (SSSR count). The van der Waals surface area contributed by atoms with Crippen molar-refractivity contribution in [2.24, 2.45) is 0 Å². The van der Waals surface area contributed by atoms with Crippen LogP contribution in [0.15, 0.2) is 67.0 Å². The normalized spacial score (nSPS) is 15.5. The minimum Gasteiger partial charge on any atom is -0.493 e. The molecule has 2 heterocycles. The molecule has 1 amide bonds. The average molecular weight is 611 g/mol. The molecule has 1 unspecified atom stereocenters. The van der Waals surface area contributed by atoms with Crippen LogP contribution in [0, 0.1) is 0 Å². The third-order valence-corrected chi connectivity index (χ3v) is 7.91. The number of amides is 1. The van der Waals surface area contributed by atoms with Gasteiger partial charge in [-0.15, -0.1) is 0 Å². The first-order valence-electron chi connectivity index (χ1n) is 14.9.